The number of fused-ring (bicyclic) bond motifs is 1. The second-order valence-corrected chi connectivity index (χ2v) is 7.70. The number of hydrogen-bond acceptors (Lipinski definition) is 3. The third kappa shape index (κ3) is 4.83. The maximum absolute atomic E-state index is 13.0. The van der Waals surface area contributed by atoms with Crippen LogP contribution in [-0.4, -0.2) is 21.2 Å². The van der Waals surface area contributed by atoms with Crippen molar-refractivity contribution in [1.82, 2.24) is 14.7 Å². The van der Waals surface area contributed by atoms with Crippen LogP contribution in [0.25, 0.3) is 5.65 Å². The molecule has 7 heteroatoms. The Labute approximate surface area is 185 Å². The van der Waals surface area contributed by atoms with E-state index >= 15 is 0 Å². The van der Waals surface area contributed by atoms with Crippen LogP contribution in [0.2, 0.25) is 0 Å². The van der Waals surface area contributed by atoms with Crippen LogP contribution < -0.4 is 10.6 Å². The minimum absolute atomic E-state index is 0.118. The summed E-state index contributed by atoms with van der Waals surface area (Å²) in [7, 11) is 0. The number of nitrogens with one attached hydrogen (secondary N) is 2. The van der Waals surface area contributed by atoms with Gasteiger partial charge in [0.2, 0.25) is 5.91 Å². The lowest BCUT2D eigenvalue weighted by atomic mass is 10.1. The largest absolute Gasteiger partial charge is 0.349 e. The third-order valence-corrected chi connectivity index (χ3v) is 5.22. The normalized spacial score (nSPS) is 11.8. The molecule has 0 spiro atoms. The van der Waals surface area contributed by atoms with Crippen molar-refractivity contribution in [2.75, 3.05) is 5.32 Å². The highest BCUT2D eigenvalue weighted by atomic mass is 19.1. The molecule has 0 aliphatic carbocycles. The van der Waals surface area contributed by atoms with Gasteiger partial charge in [0.15, 0.2) is 0 Å². The smallest absolute Gasteiger partial charge is 0.255 e. The standard InChI is InChI=1S/C25H23FN4O2/c1-16-4-3-13-30-15-22(28-24(16)30)14-23(31)27-17(2)18-7-11-21(12-8-18)29-25(32)19-5-9-20(26)10-6-19/h3-13,15,17H,14H2,1-2H3,(H,27,31)(H,29,32). The number of carbonyl (C=O) groups excluding carboxylic acids is 2. The molecule has 0 saturated heterocycles. The molecule has 0 aliphatic rings. The van der Waals surface area contributed by atoms with Gasteiger partial charge in [-0.2, -0.15) is 0 Å². The molecule has 2 aromatic carbocycles. The molecule has 4 aromatic rings. The first-order valence-corrected chi connectivity index (χ1v) is 10.3. The summed E-state index contributed by atoms with van der Waals surface area (Å²) in [6, 6.07) is 16.3. The number of aromatic nitrogens is 2. The fraction of sp³-hybridized carbons (Fsp3) is 0.160. The number of halogens is 1. The highest BCUT2D eigenvalue weighted by molar-refractivity contribution is 6.04. The SMILES string of the molecule is Cc1cccn2cc(CC(=O)NC(C)c3ccc(NC(=O)c4ccc(F)cc4)cc3)nc12. The van der Waals surface area contributed by atoms with Crippen molar-refractivity contribution < 1.29 is 14.0 Å². The Morgan fingerprint density at radius 2 is 1.78 bits per heavy atom. The number of aryl methyl sites for hydroxylation is 1. The number of hydrogen-bond donors (Lipinski definition) is 2. The molecule has 0 saturated carbocycles. The quantitative estimate of drug-likeness (QED) is 0.474. The lowest BCUT2D eigenvalue weighted by molar-refractivity contribution is -0.121. The number of nitrogens with zero attached hydrogens (tertiary/aromatic N) is 2. The summed E-state index contributed by atoms with van der Waals surface area (Å²) in [6.45, 7) is 3.89. The number of imidazole rings is 1. The Hall–Kier alpha value is -4.00. The summed E-state index contributed by atoms with van der Waals surface area (Å²) in [5.41, 5.74) is 4.51. The monoisotopic (exact) mass is 430 g/mol. The van der Waals surface area contributed by atoms with Gasteiger partial charge in [-0.15, -0.1) is 0 Å². The van der Waals surface area contributed by atoms with Gasteiger partial charge in [0, 0.05) is 23.6 Å². The molecule has 6 nitrogen and oxygen atoms in total. The Balaban J connectivity index is 1.35. The molecule has 2 aromatic heterocycles. The molecule has 2 amide bonds. The van der Waals surface area contributed by atoms with Gasteiger partial charge in [0.1, 0.15) is 11.5 Å². The summed E-state index contributed by atoms with van der Waals surface area (Å²) in [4.78, 5) is 29.3. The molecule has 32 heavy (non-hydrogen) atoms. The molecular weight excluding hydrogens is 407 g/mol. The van der Waals surface area contributed by atoms with E-state index in [0.29, 0.717) is 16.9 Å². The molecule has 0 fully saturated rings. The summed E-state index contributed by atoms with van der Waals surface area (Å²) >= 11 is 0. The fourth-order valence-electron chi connectivity index (χ4n) is 3.49. The van der Waals surface area contributed by atoms with Crippen molar-refractivity contribution in [3.8, 4) is 0 Å². The van der Waals surface area contributed by atoms with Gasteiger partial charge < -0.3 is 15.0 Å². The molecule has 1 atom stereocenters. The number of pyridine rings is 1. The predicted octanol–water partition coefficient (Wildman–Crippen LogP) is 4.45. The van der Waals surface area contributed by atoms with Gasteiger partial charge in [0.05, 0.1) is 18.2 Å². The van der Waals surface area contributed by atoms with Crippen molar-refractivity contribution in [2.45, 2.75) is 26.3 Å². The molecule has 2 N–H and O–H groups in total. The van der Waals surface area contributed by atoms with Crippen molar-refractivity contribution in [2.24, 2.45) is 0 Å². The second kappa shape index (κ2) is 9.01. The van der Waals surface area contributed by atoms with Gasteiger partial charge in [-0.3, -0.25) is 9.59 Å². The Kier molecular flexibility index (Phi) is 5.98. The average molecular weight is 430 g/mol. The van der Waals surface area contributed by atoms with Crippen LogP contribution in [-0.2, 0) is 11.2 Å². The van der Waals surface area contributed by atoms with Crippen LogP contribution in [0.15, 0.2) is 73.1 Å². The van der Waals surface area contributed by atoms with Gasteiger partial charge >= 0.3 is 0 Å². The topological polar surface area (TPSA) is 75.5 Å². The van der Waals surface area contributed by atoms with Crippen LogP contribution >= 0.6 is 0 Å². The van der Waals surface area contributed by atoms with Crippen LogP contribution in [0.4, 0.5) is 10.1 Å². The van der Waals surface area contributed by atoms with Crippen LogP contribution in [0, 0.1) is 12.7 Å². The zero-order valence-electron chi connectivity index (χ0n) is 17.8. The first kappa shape index (κ1) is 21.2. The highest BCUT2D eigenvalue weighted by Gasteiger charge is 2.13. The fourth-order valence-corrected chi connectivity index (χ4v) is 3.49. The summed E-state index contributed by atoms with van der Waals surface area (Å²) in [6.07, 6.45) is 3.97. The minimum Gasteiger partial charge on any atom is -0.349 e. The zero-order valence-corrected chi connectivity index (χ0v) is 17.8. The number of amides is 2. The maximum atomic E-state index is 13.0. The van der Waals surface area contributed by atoms with Gasteiger partial charge in [0.25, 0.3) is 5.91 Å². The van der Waals surface area contributed by atoms with Crippen LogP contribution in [0.3, 0.4) is 0 Å². The number of benzene rings is 2. The average Bonchev–Trinajstić information content (AvgIpc) is 3.18. The molecule has 0 aliphatic heterocycles. The molecule has 0 bridgehead atoms. The Bertz CT molecular complexity index is 1260. The van der Waals surface area contributed by atoms with E-state index in [1.807, 2.05) is 54.9 Å². The van der Waals surface area contributed by atoms with E-state index in [9.17, 15) is 14.0 Å². The van der Waals surface area contributed by atoms with E-state index < -0.39 is 5.82 Å². The summed E-state index contributed by atoms with van der Waals surface area (Å²) in [5, 5.41) is 5.76. The van der Waals surface area contributed by atoms with Crippen LogP contribution in [0.5, 0.6) is 0 Å². The van der Waals surface area contributed by atoms with Crippen molar-refractivity contribution in [3.63, 3.8) is 0 Å². The van der Waals surface area contributed by atoms with E-state index in [0.717, 1.165) is 16.8 Å². The summed E-state index contributed by atoms with van der Waals surface area (Å²) < 4.78 is 14.9. The number of anilines is 1. The summed E-state index contributed by atoms with van der Waals surface area (Å²) in [5.74, 6) is -0.827. The molecule has 0 radical (unpaired) electrons. The Morgan fingerprint density at radius 1 is 1.06 bits per heavy atom. The Morgan fingerprint density at radius 3 is 2.47 bits per heavy atom. The number of rotatable bonds is 6. The maximum Gasteiger partial charge on any atom is 0.255 e. The van der Waals surface area contributed by atoms with Gasteiger partial charge in [-0.1, -0.05) is 18.2 Å². The van der Waals surface area contributed by atoms with E-state index in [1.54, 1.807) is 12.1 Å². The second-order valence-electron chi connectivity index (χ2n) is 7.70. The van der Waals surface area contributed by atoms with Crippen molar-refractivity contribution >= 4 is 23.1 Å². The van der Waals surface area contributed by atoms with Gasteiger partial charge in [-0.25, -0.2) is 9.37 Å². The molecule has 2 heterocycles. The van der Waals surface area contributed by atoms with E-state index in [2.05, 4.69) is 15.6 Å². The molecule has 4 rings (SSSR count). The minimum atomic E-state index is -0.391. The molecule has 1 unspecified atom stereocenters. The third-order valence-electron chi connectivity index (χ3n) is 5.22. The van der Waals surface area contributed by atoms with E-state index in [4.69, 9.17) is 0 Å². The van der Waals surface area contributed by atoms with Crippen molar-refractivity contribution in [1.29, 1.82) is 0 Å². The lowest BCUT2D eigenvalue weighted by Crippen LogP contribution is -2.28. The van der Waals surface area contributed by atoms with Crippen LogP contribution in [0.1, 0.15) is 40.1 Å². The zero-order chi connectivity index (χ0) is 22.7. The predicted molar refractivity (Wildman–Crippen MR) is 121 cm³/mol. The van der Waals surface area contributed by atoms with Gasteiger partial charge in [-0.05, 0) is 67.4 Å². The van der Waals surface area contributed by atoms with E-state index in [1.165, 1.54) is 24.3 Å². The lowest BCUT2D eigenvalue weighted by Gasteiger charge is -2.15. The molecular formula is C25H23FN4O2. The highest BCUT2D eigenvalue weighted by Crippen LogP contribution is 2.18. The van der Waals surface area contributed by atoms with Crippen molar-refractivity contribution in [3.05, 3.63) is 101 Å². The number of carbonyl (C=O) groups is 2. The van der Waals surface area contributed by atoms with E-state index in [-0.39, 0.29) is 24.3 Å². The first-order valence-electron chi connectivity index (χ1n) is 10.3. The first-order chi connectivity index (χ1) is 15.4. The molecule has 162 valence electrons.